The third-order valence-corrected chi connectivity index (χ3v) is 3.28. The highest BCUT2D eigenvalue weighted by atomic mass is 79.9. The Bertz CT molecular complexity index is 579. The van der Waals surface area contributed by atoms with Gasteiger partial charge >= 0.3 is 0 Å². The summed E-state index contributed by atoms with van der Waals surface area (Å²) >= 11 is 3.32. The van der Waals surface area contributed by atoms with Crippen molar-refractivity contribution in [3.05, 3.63) is 58.3 Å². The molecule has 0 unspecified atom stereocenters. The quantitative estimate of drug-likeness (QED) is 0.920. The van der Waals surface area contributed by atoms with Crippen molar-refractivity contribution in [1.29, 1.82) is 0 Å². The zero-order valence-electron chi connectivity index (χ0n) is 10.9. The number of hydrogen-bond donors (Lipinski definition) is 1. The SMILES string of the molecule is CC(C)c1ccc(NC(=O)c2cc(Br)ccn2)cc1. The predicted molar refractivity (Wildman–Crippen MR) is 80.4 cm³/mol. The maximum atomic E-state index is 12.0. The number of nitrogens with zero attached hydrogens (tertiary/aromatic N) is 1. The normalized spacial score (nSPS) is 10.5. The highest BCUT2D eigenvalue weighted by Gasteiger charge is 2.08. The Hall–Kier alpha value is -1.68. The predicted octanol–water partition coefficient (Wildman–Crippen LogP) is 4.22. The van der Waals surface area contributed by atoms with E-state index in [4.69, 9.17) is 0 Å². The van der Waals surface area contributed by atoms with Crippen molar-refractivity contribution < 1.29 is 4.79 Å². The molecule has 1 aromatic heterocycles. The minimum Gasteiger partial charge on any atom is -0.321 e. The van der Waals surface area contributed by atoms with Crippen LogP contribution in [0.3, 0.4) is 0 Å². The summed E-state index contributed by atoms with van der Waals surface area (Å²) in [6, 6.07) is 11.3. The zero-order chi connectivity index (χ0) is 13.8. The molecule has 0 saturated heterocycles. The minimum atomic E-state index is -0.210. The Kier molecular flexibility index (Phi) is 4.32. The molecule has 3 nitrogen and oxygen atoms in total. The van der Waals surface area contributed by atoms with Gasteiger partial charge in [0, 0.05) is 16.4 Å². The smallest absolute Gasteiger partial charge is 0.274 e. The first kappa shape index (κ1) is 13.7. The maximum absolute atomic E-state index is 12.0. The number of rotatable bonds is 3. The van der Waals surface area contributed by atoms with Crippen LogP contribution >= 0.6 is 15.9 Å². The number of anilines is 1. The van der Waals surface area contributed by atoms with E-state index in [0.29, 0.717) is 11.6 Å². The number of pyridine rings is 1. The number of aromatic nitrogens is 1. The van der Waals surface area contributed by atoms with Gasteiger partial charge in [-0.3, -0.25) is 9.78 Å². The lowest BCUT2D eigenvalue weighted by Crippen LogP contribution is -2.13. The minimum absolute atomic E-state index is 0.210. The van der Waals surface area contributed by atoms with Crippen LogP contribution in [0.1, 0.15) is 35.8 Å². The summed E-state index contributed by atoms with van der Waals surface area (Å²) in [5.74, 6) is 0.273. The Morgan fingerprint density at radius 2 is 1.89 bits per heavy atom. The first-order chi connectivity index (χ1) is 9.06. The van der Waals surface area contributed by atoms with E-state index in [0.717, 1.165) is 10.2 Å². The van der Waals surface area contributed by atoms with Crippen LogP contribution in [0.4, 0.5) is 5.69 Å². The standard InChI is InChI=1S/C15H15BrN2O/c1-10(2)11-3-5-13(6-4-11)18-15(19)14-9-12(16)7-8-17-14/h3-10H,1-2H3,(H,18,19). The number of hydrogen-bond acceptors (Lipinski definition) is 2. The van der Waals surface area contributed by atoms with Gasteiger partial charge in [-0.1, -0.05) is 41.9 Å². The van der Waals surface area contributed by atoms with E-state index in [2.05, 4.69) is 40.1 Å². The van der Waals surface area contributed by atoms with Crippen molar-refractivity contribution in [2.75, 3.05) is 5.32 Å². The number of halogens is 1. The topological polar surface area (TPSA) is 42.0 Å². The third-order valence-electron chi connectivity index (χ3n) is 2.79. The number of carbonyl (C=O) groups excluding carboxylic acids is 1. The molecule has 1 aromatic carbocycles. The van der Waals surface area contributed by atoms with Gasteiger partial charge in [-0.05, 0) is 35.7 Å². The Labute approximate surface area is 121 Å². The average Bonchev–Trinajstić information content (AvgIpc) is 2.39. The monoisotopic (exact) mass is 318 g/mol. The van der Waals surface area contributed by atoms with Gasteiger partial charge in [0.15, 0.2) is 0 Å². The fourth-order valence-electron chi connectivity index (χ4n) is 1.68. The van der Waals surface area contributed by atoms with Crippen LogP contribution in [-0.4, -0.2) is 10.9 Å². The van der Waals surface area contributed by atoms with Gasteiger partial charge in [0.1, 0.15) is 5.69 Å². The molecule has 0 fully saturated rings. The number of amides is 1. The second-order valence-corrected chi connectivity index (χ2v) is 5.51. The molecule has 0 bridgehead atoms. The highest BCUT2D eigenvalue weighted by molar-refractivity contribution is 9.10. The first-order valence-electron chi connectivity index (χ1n) is 6.09. The summed E-state index contributed by atoms with van der Waals surface area (Å²) in [6.07, 6.45) is 1.60. The average molecular weight is 319 g/mol. The number of benzene rings is 1. The molecule has 2 aromatic rings. The van der Waals surface area contributed by atoms with Crippen LogP contribution in [0, 0.1) is 0 Å². The van der Waals surface area contributed by atoms with Crippen molar-refractivity contribution in [2.24, 2.45) is 0 Å². The van der Waals surface area contributed by atoms with Crippen LogP contribution in [0.5, 0.6) is 0 Å². The van der Waals surface area contributed by atoms with Crippen LogP contribution in [0.2, 0.25) is 0 Å². The molecule has 1 amide bonds. The van der Waals surface area contributed by atoms with E-state index in [1.807, 2.05) is 24.3 Å². The Balaban J connectivity index is 2.10. The third kappa shape index (κ3) is 3.64. The van der Waals surface area contributed by atoms with Crippen molar-refractivity contribution in [3.63, 3.8) is 0 Å². The molecule has 2 rings (SSSR count). The van der Waals surface area contributed by atoms with Gasteiger partial charge in [0.2, 0.25) is 0 Å². The molecule has 0 aliphatic carbocycles. The van der Waals surface area contributed by atoms with Crippen LogP contribution in [0.15, 0.2) is 47.1 Å². The van der Waals surface area contributed by atoms with Crippen molar-refractivity contribution >= 4 is 27.5 Å². The molecule has 0 atom stereocenters. The van der Waals surface area contributed by atoms with Crippen LogP contribution < -0.4 is 5.32 Å². The van der Waals surface area contributed by atoms with E-state index < -0.39 is 0 Å². The Morgan fingerprint density at radius 1 is 1.21 bits per heavy atom. The molecular formula is C15H15BrN2O. The fraction of sp³-hybridized carbons (Fsp3) is 0.200. The molecule has 19 heavy (non-hydrogen) atoms. The second kappa shape index (κ2) is 5.97. The molecule has 1 N–H and O–H groups in total. The van der Waals surface area contributed by atoms with Gasteiger partial charge in [-0.15, -0.1) is 0 Å². The lowest BCUT2D eigenvalue weighted by molar-refractivity contribution is 0.102. The van der Waals surface area contributed by atoms with Gasteiger partial charge in [-0.25, -0.2) is 0 Å². The summed E-state index contributed by atoms with van der Waals surface area (Å²) < 4.78 is 0.836. The summed E-state index contributed by atoms with van der Waals surface area (Å²) in [4.78, 5) is 16.0. The van der Waals surface area contributed by atoms with E-state index >= 15 is 0 Å². The summed E-state index contributed by atoms with van der Waals surface area (Å²) in [5.41, 5.74) is 2.41. The van der Waals surface area contributed by atoms with Crippen LogP contribution in [-0.2, 0) is 0 Å². The van der Waals surface area contributed by atoms with Crippen LogP contribution in [0.25, 0.3) is 0 Å². The van der Waals surface area contributed by atoms with E-state index in [-0.39, 0.29) is 5.91 Å². The summed E-state index contributed by atoms with van der Waals surface area (Å²) in [7, 11) is 0. The van der Waals surface area contributed by atoms with E-state index in [1.165, 1.54) is 5.56 Å². The second-order valence-electron chi connectivity index (χ2n) is 4.59. The molecule has 0 aliphatic rings. The molecule has 1 heterocycles. The first-order valence-corrected chi connectivity index (χ1v) is 6.88. The molecule has 0 radical (unpaired) electrons. The van der Waals surface area contributed by atoms with Crippen molar-refractivity contribution in [1.82, 2.24) is 4.98 Å². The highest BCUT2D eigenvalue weighted by Crippen LogP contribution is 2.18. The van der Waals surface area contributed by atoms with E-state index in [9.17, 15) is 4.79 Å². The van der Waals surface area contributed by atoms with Gasteiger partial charge in [0.05, 0.1) is 0 Å². The molecule has 4 heteroatoms. The molecule has 0 aliphatic heterocycles. The van der Waals surface area contributed by atoms with Gasteiger partial charge in [-0.2, -0.15) is 0 Å². The number of carbonyl (C=O) groups is 1. The van der Waals surface area contributed by atoms with Gasteiger partial charge in [0.25, 0.3) is 5.91 Å². The summed E-state index contributed by atoms with van der Waals surface area (Å²) in [6.45, 7) is 4.28. The van der Waals surface area contributed by atoms with Gasteiger partial charge < -0.3 is 5.32 Å². The van der Waals surface area contributed by atoms with E-state index in [1.54, 1.807) is 18.3 Å². The van der Waals surface area contributed by atoms with Crippen molar-refractivity contribution in [3.8, 4) is 0 Å². The maximum Gasteiger partial charge on any atom is 0.274 e. The number of nitrogens with one attached hydrogen (secondary N) is 1. The fourth-order valence-corrected chi connectivity index (χ4v) is 2.01. The molecule has 98 valence electrons. The lowest BCUT2D eigenvalue weighted by atomic mass is 10.0. The molecular weight excluding hydrogens is 304 g/mol. The zero-order valence-corrected chi connectivity index (χ0v) is 12.4. The molecule has 0 spiro atoms. The largest absolute Gasteiger partial charge is 0.321 e. The summed E-state index contributed by atoms with van der Waals surface area (Å²) in [5, 5.41) is 2.83. The molecule has 0 saturated carbocycles. The lowest BCUT2D eigenvalue weighted by Gasteiger charge is -2.08. The Morgan fingerprint density at radius 3 is 2.47 bits per heavy atom. The van der Waals surface area contributed by atoms with Crippen molar-refractivity contribution in [2.45, 2.75) is 19.8 Å².